The number of H-pyrrole nitrogens is 1. The van der Waals surface area contributed by atoms with Crippen LogP contribution in [0.2, 0.25) is 0 Å². The number of carbonyl (C=O) groups excluding carboxylic acids is 5. The quantitative estimate of drug-likeness (QED) is 0.0426. The number of benzene rings is 4. The van der Waals surface area contributed by atoms with Crippen LogP contribution in [0.15, 0.2) is 84.4 Å². The van der Waals surface area contributed by atoms with E-state index >= 15 is 0 Å². The minimum Gasteiger partial charge on any atom is -0.391 e. The number of aromatic amines is 1. The molecule has 0 radical (unpaired) electrons. The molecule has 3 atom stereocenters. The number of aliphatic hydroxyl groups is 1. The molecular weight excluding hydrogens is 1030 g/mol. The summed E-state index contributed by atoms with van der Waals surface area (Å²) in [5, 5.41) is 31.1. The first-order valence-electron chi connectivity index (χ1n) is 27.2. The minimum absolute atomic E-state index is 0.0156. The summed E-state index contributed by atoms with van der Waals surface area (Å²) in [7, 11) is 0. The number of halogens is 2. The second-order valence-corrected chi connectivity index (χ2v) is 22.8. The van der Waals surface area contributed by atoms with Gasteiger partial charge in [-0.2, -0.15) is 5.10 Å². The molecule has 0 unspecified atom stereocenters. The molecule has 0 spiro atoms. The van der Waals surface area contributed by atoms with Crippen LogP contribution in [0.25, 0.3) is 21.3 Å². The van der Waals surface area contributed by atoms with Gasteiger partial charge in [-0.05, 0) is 109 Å². The predicted octanol–water partition coefficient (Wildman–Crippen LogP) is 8.12. The zero-order chi connectivity index (χ0) is 55.8. The highest BCUT2D eigenvalue weighted by Crippen LogP contribution is 2.32. The Labute approximate surface area is 462 Å². The third-order valence-electron chi connectivity index (χ3n) is 15.0. The van der Waals surface area contributed by atoms with Gasteiger partial charge in [-0.1, -0.05) is 57.5 Å². The third-order valence-corrected chi connectivity index (χ3v) is 16.0. The fourth-order valence-corrected chi connectivity index (χ4v) is 11.4. The summed E-state index contributed by atoms with van der Waals surface area (Å²) >= 11 is 1.57. The van der Waals surface area contributed by atoms with Crippen LogP contribution in [0.3, 0.4) is 0 Å². The lowest BCUT2D eigenvalue weighted by atomic mass is 9.85. The number of fused-ring (bicyclic) bond motifs is 1. The number of aryl methyl sites for hydroxylation is 1. The summed E-state index contributed by atoms with van der Waals surface area (Å²) in [6.07, 6.45) is 3.32. The van der Waals surface area contributed by atoms with Crippen LogP contribution >= 0.6 is 11.3 Å². The molecule has 0 saturated carbocycles. The number of β-amino-alcohol motifs (C(OH)–C–C–N with tert-alkyl or cyclic N) is 1. The molecule has 5 amide bonds. The van der Waals surface area contributed by atoms with Gasteiger partial charge in [0.05, 0.1) is 33.3 Å². The molecule has 0 aliphatic carbocycles. The number of nitrogens with one attached hydrogen (secondary N) is 5. The third kappa shape index (κ3) is 14.3. The van der Waals surface area contributed by atoms with Gasteiger partial charge >= 0.3 is 0 Å². The molecule has 3 aliphatic heterocycles. The summed E-state index contributed by atoms with van der Waals surface area (Å²) in [5.74, 6) is -2.37. The van der Waals surface area contributed by atoms with Gasteiger partial charge in [-0.15, -0.1) is 11.3 Å². The molecule has 6 aromatic rings. The van der Waals surface area contributed by atoms with Crippen LogP contribution in [-0.2, 0) is 36.9 Å². The van der Waals surface area contributed by atoms with E-state index in [1.165, 1.54) is 17.0 Å². The SMILES string of the molecule is Cc1ncsc1-c1ccc(CNC(=O)[C@@H]2C[C@@H](O)CN2C(=O)[C@@H](NC(=O)CCCCCC(=O)N2CCN(c3ccc(C(=O)Nc4n[nH]c5ccc(Cc6cc(F)cc(F)c6)cc45)c(NC4CCOCC4)c3)CC2)C(C)(C)C)cc1. The van der Waals surface area contributed by atoms with Crippen molar-refractivity contribution in [3.8, 4) is 10.4 Å². The molecule has 20 heteroatoms. The largest absolute Gasteiger partial charge is 0.391 e. The smallest absolute Gasteiger partial charge is 0.258 e. The van der Waals surface area contributed by atoms with Crippen molar-refractivity contribution >= 4 is 69.0 Å². The van der Waals surface area contributed by atoms with E-state index in [9.17, 15) is 37.9 Å². The Kier molecular flexibility index (Phi) is 18.0. The van der Waals surface area contributed by atoms with Crippen molar-refractivity contribution in [2.24, 2.45) is 5.41 Å². The van der Waals surface area contributed by atoms with Gasteiger partial charge in [0, 0.05) is 101 Å². The Bertz CT molecular complexity index is 3130. The zero-order valence-electron chi connectivity index (χ0n) is 45.2. The van der Waals surface area contributed by atoms with Crippen LogP contribution in [0.5, 0.6) is 0 Å². The monoisotopic (exact) mass is 1100 g/mol. The number of ether oxygens (including phenoxy) is 1. The summed E-state index contributed by atoms with van der Waals surface area (Å²) in [6.45, 7) is 11.2. The number of anilines is 3. The number of thiazole rings is 1. The van der Waals surface area contributed by atoms with Gasteiger partial charge < -0.3 is 45.8 Å². The highest BCUT2D eigenvalue weighted by atomic mass is 32.1. The molecule has 418 valence electrons. The van der Waals surface area contributed by atoms with Gasteiger partial charge in [0.1, 0.15) is 23.7 Å². The van der Waals surface area contributed by atoms with E-state index in [0.29, 0.717) is 98.6 Å². The Hall–Kier alpha value is -7.29. The van der Waals surface area contributed by atoms with Gasteiger partial charge in [-0.25, -0.2) is 13.8 Å². The van der Waals surface area contributed by atoms with Crippen molar-refractivity contribution < 1.29 is 42.6 Å². The number of likely N-dealkylation sites (tertiary alicyclic amines) is 1. The van der Waals surface area contributed by atoms with E-state index in [1.807, 2.05) is 92.7 Å². The van der Waals surface area contributed by atoms with E-state index in [-0.39, 0.29) is 62.0 Å². The molecule has 6 N–H and O–H groups in total. The Balaban J connectivity index is 0.734. The topological polar surface area (TPSA) is 214 Å². The number of piperazine rings is 1. The molecule has 4 aromatic carbocycles. The van der Waals surface area contributed by atoms with Crippen molar-refractivity contribution in [2.75, 3.05) is 61.5 Å². The van der Waals surface area contributed by atoms with Crippen molar-refractivity contribution in [1.82, 2.24) is 35.6 Å². The van der Waals surface area contributed by atoms with Gasteiger partial charge in [0.2, 0.25) is 23.6 Å². The standard InChI is InChI=1S/C59H70F2N10O7S/c1-36-53(79-35-63-36)40-13-10-37(11-14-40)33-62-57(76)50-32-45(72)34-71(50)58(77)54(59(2,3)4)65-51(73)8-6-5-7-9-52(74)70-22-20-69(21-23-70)44-15-16-46(49(31-44)64-43-18-24-78-25-19-43)56(75)66-55-47-29-38(12-17-48(47)67-68-55)26-39-27-41(60)30-42(61)28-39/h10-17,27-31,35,43,45,50,54,64,72H,5-9,18-26,32-34H2,1-4H3,(H,62,76)(H,65,73)(H2,66,67,68,75)/t45-,50+,54-/m1/s1. The fraction of sp³-hybridized carbons (Fsp3) is 0.441. The number of hydrogen-bond donors (Lipinski definition) is 6. The lowest BCUT2D eigenvalue weighted by Crippen LogP contribution is -2.57. The van der Waals surface area contributed by atoms with Crippen LogP contribution in [0.4, 0.5) is 26.0 Å². The number of carbonyl (C=O) groups is 5. The Morgan fingerprint density at radius 1 is 0.861 bits per heavy atom. The van der Waals surface area contributed by atoms with Crippen LogP contribution in [0, 0.1) is 24.0 Å². The predicted molar refractivity (Wildman–Crippen MR) is 301 cm³/mol. The van der Waals surface area contributed by atoms with Crippen LogP contribution in [0.1, 0.15) is 105 Å². The fourth-order valence-electron chi connectivity index (χ4n) is 10.6. The lowest BCUT2D eigenvalue weighted by Gasteiger charge is -2.36. The van der Waals surface area contributed by atoms with Crippen molar-refractivity contribution in [1.29, 1.82) is 0 Å². The highest BCUT2D eigenvalue weighted by molar-refractivity contribution is 7.13. The Morgan fingerprint density at radius 3 is 2.29 bits per heavy atom. The highest BCUT2D eigenvalue weighted by Gasteiger charge is 2.44. The molecule has 0 bridgehead atoms. The maximum atomic E-state index is 14.1. The molecule has 3 fully saturated rings. The second-order valence-electron chi connectivity index (χ2n) is 22.0. The summed E-state index contributed by atoms with van der Waals surface area (Å²) in [6, 6.07) is 20.8. The van der Waals surface area contributed by atoms with E-state index < -0.39 is 41.1 Å². The lowest BCUT2D eigenvalue weighted by molar-refractivity contribution is -0.144. The number of amides is 5. The first-order chi connectivity index (χ1) is 37.9. The Morgan fingerprint density at radius 2 is 1.58 bits per heavy atom. The number of aromatic nitrogens is 3. The van der Waals surface area contributed by atoms with Crippen molar-refractivity contribution in [2.45, 2.75) is 116 Å². The first-order valence-corrected chi connectivity index (χ1v) is 28.1. The van der Waals surface area contributed by atoms with Gasteiger partial charge in [0.25, 0.3) is 5.91 Å². The van der Waals surface area contributed by atoms with Crippen LogP contribution < -0.4 is 26.2 Å². The maximum Gasteiger partial charge on any atom is 0.258 e. The molecule has 9 rings (SSSR count). The zero-order valence-corrected chi connectivity index (χ0v) is 46.0. The van der Waals surface area contributed by atoms with E-state index in [4.69, 9.17) is 4.74 Å². The summed E-state index contributed by atoms with van der Waals surface area (Å²) in [5.41, 5.74) is 7.99. The molecule has 5 heterocycles. The molecule has 3 saturated heterocycles. The van der Waals surface area contributed by atoms with E-state index in [0.717, 1.165) is 51.9 Å². The average Bonchev–Trinajstić information content (AvgIpc) is 4.19. The molecule has 17 nitrogen and oxygen atoms in total. The molecule has 2 aromatic heterocycles. The van der Waals surface area contributed by atoms with Crippen molar-refractivity contribution in [3.63, 3.8) is 0 Å². The molecular formula is C59H70F2N10O7S. The summed E-state index contributed by atoms with van der Waals surface area (Å²) < 4.78 is 33.5. The second kappa shape index (κ2) is 25.2. The number of rotatable bonds is 19. The normalized spacial score (nSPS) is 17.4. The van der Waals surface area contributed by atoms with E-state index in [1.54, 1.807) is 17.4 Å². The number of hydrogen-bond acceptors (Lipinski definition) is 12. The number of nitrogens with zero attached hydrogens (tertiary/aromatic N) is 5. The van der Waals surface area contributed by atoms with Crippen molar-refractivity contribution in [3.05, 3.63) is 124 Å². The average molecular weight is 1100 g/mol. The van der Waals surface area contributed by atoms with Gasteiger partial charge in [0.15, 0.2) is 5.82 Å². The first kappa shape index (κ1) is 56.4. The van der Waals surface area contributed by atoms with Gasteiger partial charge in [-0.3, -0.25) is 29.1 Å². The number of aliphatic hydroxyl groups excluding tert-OH is 1. The summed E-state index contributed by atoms with van der Waals surface area (Å²) in [4.78, 5) is 79.5. The maximum absolute atomic E-state index is 14.1. The minimum atomic E-state index is -0.934. The molecule has 79 heavy (non-hydrogen) atoms. The van der Waals surface area contributed by atoms with Crippen LogP contribution in [-0.4, -0.2) is 130 Å². The number of unbranched alkanes of at least 4 members (excludes halogenated alkanes) is 2. The van der Waals surface area contributed by atoms with E-state index in [2.05, 4.69) is 41.3 Å². The molecule has 3 aliphatic rings.